The summed E-state index contributed by atoms with van der Waals surface area (Å²) in [7, 11) is 3.31. The van der Waals surface area contributed by atoms with Crippen molar-refractivity contribution in [3.63, 3.8) is 0 Å². The van der Waals surface area contributed by atoms with Crippen LogP contribution in [0.1, 0.15) is 5.56 Å². The molecule has 19 heavy (non-hydrogen) atoms. The number of ether oxygens (including phenoxy) is 2. The molecule has 0 amide bonds. The summed E-state index contributed by atoms with van der Waals surface area (Å²) in [4.78, 5) is 0. The van der Waals surface area contributed by atoms with Crippen LogP contribution in [0.5, 0.6) is 11.5 Å². The first kappa shape index (κ1) is 13.2. The first-order valence-electron chi connectivity index (χ1n) is 6.09. The molecule has 0 saturated heterocycles. The van der Waals surface area contributed by atoms with Gasteiger partial charge >= 0.3 is 0 Å². The zero-order chi connectivity index (χ0) is 13.5. The monoisotopic (exact) mass is 258 g/mol. The minimum atomic E-state index is 0.599. The molecule has 0 saturated carbocycles. The molecule has 0 atom stereocenters. The average Bonchev–Trinajstić information content (AvgIpc) is 2.48. The molecule has 4 heteroatoms. The Bertz CT molecular complexity index is 493. The molecule has 0 aliphatic rings. The zero-order valence-electron chi connectivity index (χ0n) is 11.1. The Hall–Kier alpha value is -2.20. The van der Waals surface area contributed by atoms with Crippen LogP contribution in [0.25, 0.3) is 0 Å². The zero-order valence-corrected chi connectivity index (χ0v) is 11.1. The first-order valence-corrected chi connectivity index (χ1v) is 6.09. The Kier molecular flexibility index (Phi) is 4.64. The Morgan fingerprint density at radius 2 is 1.47 bits per heavy atom. The van der Waals surface area contributed by atoms with Crippen molar-refractivity contribution < 1.29 is 9.47 Å². The quantitative estimate of drug-likeness (QED) is 0.782. The van der Waals surface area contributed by atoms with E-state index < -0.39 is 0 Å². The molecule has 0 bridgehead atoms. The van der Waals surface area contributed by atoms with Crippen LogP contribution < -0.4 is 20.3 Å². The van der Waals surface area contributed by atoms with Crippen LogP contribution in [0, 0.1) is 0 Å². The standard InChI is InChI=1S/C15H18N2O2/c1-18-14-9-6-10-15(19-2)13(14)11-16-17-12-7-4-3-5-8-12/h3-10,16-17H,11H2,1-2H3. The topological polar surface area (TPSA) is 42.5 Å². The molecule has 0 heterocycles. The summed E-state index contributed by atoms with van der Waals surface area (Å²) in [6.07, 6.45) is 0. The minimum absolute atomic E-state index is 0.599. The van der Waals surface area contributed by atoms with Crippen molar-refractivity contribution in [3.05, 3.63) is 54.1 Å². The number of hydrogen-bond donors (Lipinski definition) is 2. The van der Waals surface area contributed by atoms with Crippen molar-refractivity contribution in [3.8, 4) is 11.5 Å². The number of rotatable bonds is 6. The highest BCUT2D eigenvalue weighted by Gasteiger charge is 2.08. The summed E-state index contributed by atoms with van der Waals surface area (Å²) in [6.45, 7) is 0.599. The minimum Gasteiger partial charge on any atom is -0.496 e. The molecule has 4 nitrogen and oxygen atoms in total. The van der Waals surface area contributed by atoms with Gasteiger partial charge in [0.25, 0.3) is 0 Å². The number of anilines is 1. The van der Waals surface area contributed by atoms with Gasteiger partial charge in [-0.1, -0.05) is 24.3 Å². The van der Waals surface area contributed by atoms with Crippen molar-refractivity contribution in [2.75, 3.05) is 19.6 Å². The Morgan fingerprint density at radius 3 is 2.05 bits per heavy atom. The molecular formula is C15H18N2O2. The smallest absolute Gasteiger partial charge is 0.127 e. The largest absolute Gasteiger partial charge is 0.496 e. The fourth-order valence-electron chi connectivity index (χ4n) is 1.86. The normalized spacial score (nSPS) is 10.0. The van der Waals surface area contributed by atoms with Gasteiger partial charge in [0, 0.05) is 12.2 Å². The lowest BCUT2D eigenvalue weighted by Crippen LogP contribution is -2.21. The van der Waals surface area contributed by atoms with E-state index in [1.165, 1.54) is 0 Å². The molecule has 0 radical (unpaired) electrons. The third-order valence-corrected chi connectivity index (χ3v) is 2.80. The Balaban J connectivity index is 2.02. The average molecular weight is 258 g/mol. The van der Waals surface area contributed by atoms with E-state index in [4.69, 9.17) is 9.47 Å². The third-order valence-electron chi connectivity index (χ3n) is 2.80. The maximum atomic E-state index is 5.34. The number of hydrogen-bond acceptors (Lipinski definition) is 4. The van der Waals surface area contributed by atoms with E-state index >= 15 is 0 Å². The maximum absolute atomic E-state index is 5.34. The molecule has 2 aromatic carbocycles. The van der Waals surface area contributed by atoms with E-state index in [0.29, 0.717) is 6.54 Å². The van der Waals surface area contributed by atoms with Crippen molar-refractivity contribution in [2.24, 2.45) is 0 Å². The number of methoxy groups -OCH3 is 2. The van der Waals surface area contributed by atoms with E-state index in [-0.39, 0.29) is 0 Å². The van der Waals surface area contributed by atoms with Gasteiger partial charge in [0.05, 0.1) is 19.8 Å². The first-order chi connectivity index (χ1) is 9.35. The van der Waals surface area contributed by atoms with E-state index in [1.807, 2.05) is 48.5 Å². The van der Waals surface area contributed by atoms with E-state index in [0.717, 1.165) is 22.7 Å². The molecule has 0 aliphatic heterocycles. The van der Waals surface area contributed by atoms with Crippen LogP contribution in [-0.4, -0.2) is 14.2 Å². The van der Waals surface area contributed by atoms with Crippen molar-refractivity contribution in [1.82, 2.24) is 5.43 Å². The summed E-state index contributed by atoms with van der Waals surface area (Å²) in [6, 6.07) is 15.7. The Labute approximate surface area is 113 Å². The van der Waals surface area contributed by atoms with Crippen LogP contribution in [0.3, 0.4) is 0 Å². The second-order valence-corrected chi connectivity index (χ2v) is 3.99. The predicted octanol–water partition coefficient (Wildman–Crippen LogP) is 2.82. The van der Waals surface area contributed by atoms with Crippen LogP contribution in [-0.2, 0) is 6.54 Å². The van der Waals surface area contributed by atoms with Gasteiger partial charge in [-0.15, -0.1) is 0 Å². The van der Waals surface area contributed by atoms with Gasteiger partial charge < -0.3 is 14.9 Å². The van der Waals surface area contributed by atoms with E-state index in [9.17, 15) is 0 Å². The van der Waals surface area contributed by atoms with Crippen molar-refractivity contribution in [2.45, 2.75) is 6.54 Å². The van der Waals surface area contributed by atoms with Crippen LogP contribution in [0.15, 0.2) is 48.5 Å². The molecule has 0 spiro atoms. The summed E-state index contributed by atoms with van der Waals surface area (Å²) in [5.74, 6) is 1.61. The molecule has 2 aromatic rings. The number of benzene rings is 2. The molecule has 2 rings (SSSR count). The van der Waals surface area contributed by atoms with Gasteiger partial charge in [0.2, 0.25) is 0 Å². The van der Waals surface area contributed by atoms with Crippen LogP contribution >= 0.6 is 0 Å². The highest BCUT2D eigenvalue weighted by Crippen LogP contribution is 2.27. The fraction of sp³-hybridized carbons (Fsp3) is 0.200. The lowest BCUT2D eigenvalue weighted by molar-refractivity contribution is 0.383. The molecule has 0 unspecified atom stereocenters. The Morgan fingerprint density at radius 1 is 0.842 bits per heavy atom. The van der Waals surface area contributed by atoms with Gasteiger partial charge in [-0.25, -0.2) is 5.43 Å². The van der Waals surface area contributed by atoms with Crippen LogP contribution in [0.4, 0.5) is 5.69 Å². The van der Waals surface area contributed by atoms with Gasteiger partial charge in [0.1, 0.15) is 11.5 Å². The number of para-hydroxylation sites is 1. The summed E-state index contributed by atoms with van der Waals surface area (Å²) < 4.78 is 10.7. The summed E-state index contributed by atoms with van der Waals surface area (Å²) >= 11 is 0. The van der Waals surface area contributed by atoms with Gasteiger partial charge in [-0.3, -0.25) is 0 Å². The van der Waals surface area contributed by atoms with E-state index in [2.05, 4.69) is 10.9 Å². The van der Waals surface area contributed by atoms with Crippen molar-refractivity contribution >= 4 is 5.69 Å². The molecule has 0 aromatic heterocycles. The SMILES string of the molecule is COc1cccc(OC)c1CNNc1ccccc1. The van der Waals surface area contributed by atoms with Gasteiger partial charge in [0.15, 0.2) is 0 Å². The maximum Gasteiger partial charge on any atom is 0.127 e. The number of nitrogens with one attached hydrogen (secondary N) is 2. The van der Waals surface area contributed by atoms with Crippen LogP contribution in [0.2, 0.25) is 0 Å². The summed E-state index contributed by atoms with van der Waals surface area (Å²) in [5, 5.41) is 0. The highest BCUT2D eigenvalue weighted by atomic mass is 16.5. The highest BCUT2D eigenvalue weighted by molar-refractivity contribution is 5.45. The fourth-order valence-corrected chi connectivity index (χ4v) is 1.86. The third kappa shape index (κ3) is 3.39. The molecule has 0 fully saturated rings. The lowest BCUT2D eigenvalue weighted by atomic mass is 10.2. The number of hydrazine groups is 1. The predicted molar refractivity (Wildman–Crippen MR) is 76.5 cm³/mol. The van der Waals surface area contributed by atoms with Gasteiger partial charge in [-0.05, 0) is 24.3 Å². The summed E-state index contributed by atoms with van der Waals surface area (Å²) in [5.41, 5.74) is 8.28. The molecule has 0 aliphatic carbocycles. The van der Waals surface area contributed by atoms with Gasteiger partial charge in [-0.2, -0.15) is 0 Å². The second kappa shape index (κ2) is 6.66. The molecule has 100 valence electrons. The van der Waals surface area contributed by atoms with Crippen molar-refractivity contribution in [1.29, 1.82) is 0 Å². The second-order valence-electron chi connectivity index (χ2n) is 3.99. The molecular weight excluding hydrogens is 240 g/mol. The molecule has 2 N–H and O–H groups in total. The van der Waals surface area contributed by atoms with E-state index in [1.54, 1.807) is 14.2 Å². The lowest BCUT2D eigenvalue weighted by Gasteiger charge is -2.14.